The average molecular weight is 244 g/mol. The summed E-state index contributed by atoms with van der Waals surface area (Å²) >= 11 is 0. The molecule has 5 nitrogen and oxygen atoms in total. The maximum Gasteiger partial charge on any atom is 0.320 e. The maximum absolute atomic E-state index is 11.8. The number of rotatable bonds is 7. The Morgan fingerprint density at radius 3 is 2.18 bits per heavy atom. The predicted molar refractivity (Wildman–Crippen MR) is 66.7 cm³/mol. The Morgan fingerprint density at radius 2 is 1.76 bits per heavy atom. The molecule has 0 aliphatic heterocycles. The minimum absolute atomic E-state index is 0.0190. The molecule has 0 heterocycles. The van der Waals surface area contributed by atoms with Gasteiger partial charge in [0.2, 0.25) is 5.91 Å². The van der Waals surface area contributed by atoms with Gasteiger partial charge in [-0.05, 0) is 27.7 Å². The van der Waals surface area contributed by atoms with Crippen LogP contribution in [0.4, 0.5) is 0 Å². The average Bonchev–Trinajstić information content (AvgIpc) is 2.27. The van der Waals surface area contributed by atoms with Gasteiger partial charge in [0, 0.05) is 19.6 Å². The lowest BCUT2D eigenvalue weighted by molar-refractivity contribution is -0.145. The third kappa shape index (κ3) is 6.26. The van der Waals surface area contributed by atoms with E-state index in [0.29, 0.717) is 13.2 Å². The van der Waals surface area contributed by atoms with Crippen molar-refractivity contribution in [3.05, 3.63) is 0 Å². The lowest BCUT2D eigenvalue weighted by atomic mass is 10.3. The number of carbonyl (C=O) groups excluding carboxylic acids is 2. The lowest BCUT2D eigenvalue weighted by Crippen LogP contribution is -2.44. The van der Waals surface area contributed by atoms with E-state index in [1.165, 1.54) is 0 Å². The zero-order valence-electron chi connectivity index (χ0n) is 11.5. The zero-order chi connectivity index (χ0) is 13.4. The number of carbonyl (C=O) groups is 2. The van der Waals surface area contributed by atoms with Crippen LogP contribution >= 0.6 is 0 Å². The van der Waals surface area contributed by atoms with Crippen molar-refractivity contribution in [2.45, 2.75) is 33.7 Å². The van der Waals surface area contributed by atoms with E-state index in [2.05, 4.69) is 0 Å². The van der Waals surface area contributed by atoms with Crippen molar-refractivity contribution in [1.29, 1.82) is 0 Å². The van der Waals surface area contributed by atoms with Crippen molar-refractivity contribution in [1.82, 2.24) is 9.80 Å². The van der Waals surface area contributed by atoms with E-state index in [9.17, 15) is 9.59 Å². The molecule has 0 radical (unpaired) electrons. The second kappa shape index (κ2) is 8.06. The fourth-order valence-corrected chi connectivity index (χ4v) is 1.26. The van der Waals surface area contributed by atoms with Crippen molar-refractivity contribution in [3.63, 3.8) is 0 Å². The highest BCUT2D eigenvalue weighted by Crippen LogP contribution is 2.00. The number of ether oxygens (including phenoxy) is 1. The van der Waals surface area contributed by atoms with Crippen molar-refractivity contribution in [2.24, 2.45) is 0 Å². The molecule has 0 N–H and O–H groups in total. The van der Waals surface area contributed by atoms with Gasteiger partial charge in [-0.15, -0.1) is 0 Å². The van der Waals surface area contributed by atoms with Gasteiger partial charge in [-0.3, -0.25) is 14.5 Å². The van der Waals surface area contributed by atoms with Crippen LogP contribution < -0.4 is 0 Å². The van der Waals surface area contributed by atoms with Crippen LogP contribution in [0.25, 0.3) is 0 Å². The molecule has 5 heteroatoms. The Balaban J connectivity index is 4.34. The van der Waals surface area contributed by atoms with Gasteiger partial charge >= 0.3 is 5.97 Å². The molecular formula is C12H24N2O3. The molecule has 100 valence electrons. The third-order valence-corrected chi connectivity index (χ3v) is 2.61. The molecule has 1 amide bonds. The molecule has 0 bridgehead atoms. The minimum atomic E-state index is -0.284. The topological polar surface area (TPSA) is 49.9 Å². The van der Waals surface area contributed by atoms with Gasteiger partial charge in [-0.25, -0.2) is 0 Å². The summed E-state index contributed by atoms with van der Waals surface area (Å²) in [5.41, 5.74) is 0. The normalized spacial score (nSPS) is 10.8. The van der Waals surface area contributed by atoms with E-state index in [0.717, 1.165) is 0 Å². The number of hydrogen-bond donors (Lipinski definition) is 0. The summed E-state index contributed by atoms with van der Waals surface area (Å²) in [6.07, 6.45) is 0. The molecule has 0 saturated carbocycles. The molecule has 0 fully saturated rings. The number of hydrogen-bond acceptors (Lipinski definition) is 4. The van der Waals surface area contributed by atoms with Gasteiger partial charge in [-0.2, -0.15) is 0 Å². The summed E-state index contributed by atoms with van der Waals surface area (Å²) in [5.74, 6) is -0.265. The summed E-state index contributed by atoms with van der Waals surface area (Å²) in [6, 6.07) is 0.133. The summed E-state index contributed by atoms with van der Waals surface area (Å²) < 4.78 is 4.89. The van der Waals surface area contributed by atoms with E-state index >= 15 is 0 Å². The van der Waals surface area contributed by atoms with Gasteiger partial charge in [-0.1, -0.05) is 0 Å². The molecule has 0 saturated heterocycles. The summed E-state index contributed by atoms with van der Waals surface area (Å²) in [5, 5.41) is 0. The van der Waals surface area contributed by atoms with E-state index in [-0.39, 0.29) is 31.0 Å². The fourth-order valence-electron chi connectivity index (χ4n) is 1.26. The maximum atomic E-state index is 11.8. The van der Waals surface area contributed by atoms with E-state index in [1.807, 2.05) is 25.7 Å². The zero-order valence-corrected chi connectivity index (χ0v) is 11.5. The van der Waals surface area contributed by atoms with Crippen LogP contribution in [-0.2, 0) is 14.3 Å². The first-order chi connectivity index (χ1) is 7.92. The predicted octanol–water partition coefficient (Wildman–Crippen LogP) is 0.738. The van der Waals surface area contributed by atoms with Gasteiger partial charge in [0.05, 0.1) is 19.7 Å². The molecule has 0 aromatic heterocycles. The van der Waals surface area contributed by atoms with Crippen LogP contribution in [0.2, 0.25) is 0 Å². The Kier molecular flexibility index (Phi) is 7.54. The fraction of sp³-hybridized carbons (Fsp3) is 0.833. The first kappa shape index (κ1) is 15.9. The number of amides is 1. The van der Waals surface area contributed by atoms with Crippen LogP contribution in [-0.4, -0.2) is 61.0 Å². The standard InChI is InChI=1S/C12H24N2O3/c1-6-13(5)11(15)8-14(10(3)4)9-12(16)17-7-2/h10H,6-9H2,1-5H3. The Labute approximate surface area is 104 Å². The smallest absolute Gasteiger partial charge is 0.320 e. The van der Waals surface area contributed by atoms with E-state index < -0.39 is 0 Å². The Hall–Kier alpha value is -1.10. The molecule has 0 atom stereocenters. The largest absolute Gasteiger partial charge is 0.465 e. The third-order valence-electron chi connectivity index (χ3n) is 2.61. The first-order valence-corrected chi connectivity index (χ1v) is 6.05. The molecule has 17 heavy (non-hydrogen) atoms. The number of nitrogens with zero attached hydrogens (tertiary/aromatic N) is 2. The van der Waals surface area contributed by atoms with Crippen molar-refractivity contribution in [3.8, 4) is 0 Å². The van der Waals surface area contributed by atoms with E-state index in [1.54, 1.807) is 18.9 Å². The van der Waals surface area contributed by atoms with Crippen molar-refractivity contribution < 1.29 is 14.3 Å². The summed E-state index contributed by atoms with van der Waals surface area (Å²) in [7, 11) is 1.76. The molecule has 0 unspecified atom stereocenters. The van der Waals surface area contributed by atoms with Gasteiger partial charge < -0.3 is 9.64 Å². The highest BCUT2D eigenvalue weighted by atomic mass is 16.5. The quantitative estimate of drug-likeness (QED) is 0.620. The second-order valence-electron chi connectivity index (χ2n) is 4.21. The highest BCUT2D eigenvalue weighted by molar-refractivity contribution is 5.79. The van der Waals surface area contributed by atoms with E-state index in [4.69, 9.17) is 4.74 Å². The van der Waals surface area contributed by atoms with Crippen LogP contribution in [0.15, 0.2) is 0 Å². The lowest BCUT2D eigenvalue weighted by Gasteiger charge is -2.26. The van der Waals surface area contributed by atoms with Gasteiger partial charge in [0.1, 0.15) is 0 Å². The Bertz CT molecular complexity index is 254. The van der Waals surface area contributed by atoms with Crippen LogP contribution in [0.5, 0.6) is 0 Å². The van der Waals surface area contributed by atoms with Crippen molar-refractivity contribution in [2.75, 3.05) is 33.3 Å². The molecule has 0 aromatic carbocycles. The molecule has 0 aliphatic carbocycles. The molecule has 0 aliphatic rings. The van der Waals surface area contributed by atoms with Gasteiger partial charge in [0.25, 0.3) is 0 Å². The second-order valence-corrected chi connectivity index (χ2v) is 4.21. The monoisotopic (exact) mass is 244 g/mol. The highest BCUT2D eigenvalue weighted by Gasteiger charge is 2.19. The SMILES string of the molecule is CCOC(=O)CN(CC(=O)N(C)CC)C(C)C. The summed E-state index contributed by atoms with van der Waals surface area (Å²) in [6.45, 7) is 9.06. The Morgan fingerprint density at radius 1 is 1.18 bits per heavy atom. The molecule has 0 aromatic rings. The molecular weight excluding hydrogens is 220 g/mol. The number of likely N-dealkylation sites (N-methyl/N-ethyl adjacent to an activating group) is 1. The summed E-state index contributed by atoms with van der Waals surface area (Å²) in [4.78, 5) is 26.6. The number of esters is 1. The van der Waals surface area contributed by atoms with Gasteiger partial charge in [0.15, 0.2) is 0 Å². The van der Waals surface area contributed by atoms with Crippen LogP contribution in [0, 0.1) is 0 Å². The van der Waals surface area contributed by atoms with Crippen LogP contribution in [0.1, 0.15) is 27.7 Å². The van der Waals surface area contributed by atoms with Crippen molar-refractivity contribution >= 4 is 11.9 Å². The molecule has 0 rings (SSSR count). The minimum Gasteiger partial charge on any atom is -0.465 e. The molecule has 0 spiro atoms. The first-order valence-electron chi connectivity index (χ1n) is 6.05. The van der Waals surface area contributed by atoms with Crippen LogP contribution in [0.3, 0.4) is 0 Å².